The molecule has 1 amide bonds. The number of fused-ring (bicyclic) bond motifs is 1. The van der Waals surface area contributed by atoms with Gasteiger partial charge in [-0.15, -0.1) is 11.3 Å². The molecule has 0 saturated carbocycles. The lowest BCUT2D eigenvalue weighted by Crippen LogP contribution is -2.23. The zero-order valence-corrected chi connectivity index (χ0v) is 19.0. The van der Waals surface area contributed by atoms with Gasteiger partial charge in [-0.05, 0) is 42.7 Å². The van der Waals surface area contributed by atoms with E-state index >= 15 is 0 Å². The zero-order valence-electron chi connectivity index (χ0n) is 16.5. The van der Waals surface area contributed by atoms with Crippen LogP contribution in [-0.4, -0.2) is 15.3 Å². The van der Waals surface area contributed by atoms with Crippen LogP contribution in [0.4, 0.5) is 16.5 Å². The van der Waals surface area contributed by atoms with Crippen LogP contribution in [0.1, 0.15) is 29.3 Å². The molecule has 0 spiro atoms. The Bertz CT molecular complexity index is 1090. The highest BCUT2D eigenvalue weighted by Crippen LogP contribution is 2.37. The van der Waals surface area contributed by atoms with Crippen LogP contribution in [0.5, 0.6) is 0 Å². The maximum Gasteiger partial charge on any atom is 0.230 e. The number of nitrogens with zero attached hydrogens (tertiary/aromatic N) is 3. The summed E-state index contributed by atoms with van der Waals surface area (Å²) >= 11 is 4.97. The average molecular weight is 440 g/mol. The van der Waals surface area contributed by atoms with Crippen molar-refractivity contribution in [3.05, 3.63) is 70.2 Å². The number of amides is 1. The molecule has 2 aromatic carbocycles. The molecule has 0 N–H and O–H groups in total. The summed E-state index contributed by atoms with van der Waals surface area (Å²) in [6.45, 7) is 5.69. The lowest BCUT2D eigenvalue weighted by Gasteiger charge is -2.21. The standard InChI is InChI=1S/C22H21N3OS3/c1-14-7-6-10-20(15(14)2)25(16(3)26)21-23-18(12-27-21)13-29-22-24-19-9-5-4-8-17(19)11-28-22/h4-10,12H,11,13H2,1-3H3. The van der Waals surface area contributed by atoms with Gasteiger partial charge in [0.05, 0.1) is 17.1 Å². The minimum Gasteiger partial charge on any atom is -0.274 e. The number of thioether (sulfide) groups is 2. The summed E-state index contributed by atoms with van der Waals surface area (Å²) in [5.74, 6) is 1.66. The first-order valence-electron chi connectivity index (χ1n) is 9.26. The number of anilines is 2. The van der Waals surface area contributed by atoms with Gasteiger partial charge in [-0.25, -0.2) is 9.98 Å². The third kappa shape index (κ3) is 4.42. The molecule has 4 nitrogen and oxygen atoms in total. The summed E-state index contributed by atoms with van der Waals surface area (Å²) < 4.78 is 1.07. The Hall–Kier alpha value is -2.09. The van der Waals surface area contributed by atoms with Crippen molar-refractivity contribution in [2.45, 2.75) is 32.3 Å². The number of aryl methyl sites for hydroxylation is 1. The van der Waals surface area contributed by atoms with Gasteiger partial charge in [-0.1, -0.05) is 53.9 Å². The molecule has 3 aromatic rings. The van der Waals surface area contributed by atoms with E-state index < -0.39 is 0 Å². The monoisotopic (exact) mass is 439 g/mol. The largest absolute Gasteiger partial charge is 0.274 e. The smallest absolute Gasteiger partial charge is 0.230 e. The lowest BCUT2D eigenvalue weighted by molar-refractivity contribution is -0.115. The van der Waals surface area contributed by atoms with E-state index in [2.05, 4.69) is 31.2 Å². The van der Waals surface area contributed by atoms with Crippen molar-refractivity contribution in [1.29, 1.82) is 0 Å². The van der Waals surface area contributed by atoms with Gasteiger partial charge in [0.25, 0.3) is 0 Å². The Labute approximate surface area is 183 Å². The van der Waals surface area contributed by atoms with Crippen molar-refractivity contribution in [2.75, 3.05) is 4.90 Å². The number of para-hydroxylation sites is 1. The van der Waals surface area contributed by atoms with Crippen molar-refractivity contribution in [3.8, 4) is 0 Å². The van der Waals surface area contributed by atoms with Crippen LogP contribution in [0.15, 0.2) is 52.8 Å². The molecule has 0 bridgehead atoms. The van der Waals surface area contributed by atoms with Gasteiger partial charge < -0.3 is 0 Å². The second-order valence-corrected chi connectivity index (χ2v) is 9.80. The molecule has 0 fully saturated rings. The first-order valence-corrected chi connectivity index (χ1v) is 12.1. The molecular weight excluding hydrogens is 418 g/mol. The number of rotatable bonds is 4. The molecule has 0 atom stereocenters. The zero-order chi connectivity index (χ0) is 20.4. The number of carbonyl (C=O) groups excluding carboxylic acids is 1. The predicted molar refractivity (Wildman–Crippen MR) is 127 cm³/mol. The Kier molecular flexibility index (Phi) is 6.08. The topological polar surface area (TPSA) is 45.6 Å². The fraction of sp³-hybridized carbons (Fsp3) is 0.227. The quantitative estimate of drug-likeness (QED) is 0.459. The van der Waals surface area contributed by atoms with E-state index in [4.69, 9.17) is 9.98 Å². The molecule has 29 heavy (non-hydrogen) atoms. The van der Waals surface area contributed by atoms with Gasteiger partial charge in [0, 0.05) is 23.8 Å². The highest BCUT2D eigenvalue weighted by molar-refractivity contribution is 8.38. The lowest BCUT2D eigenvalue weighted by atomic mass is 10.1. The Morgan fingerprint density at radius 3 is 2.83 bits per heavy atom. The molecular formula is C22H21N3OS3. The van der Waals surface area contributed by atoms with E-state index in [0.717, 1.165) is 44.1 Å². The van der Waals surface area contributed by atoms with Crippen molar-refractivity contribution in [2.24, 2.45) is 4.99 Å². The molecule has 4 rings (SSSR count). The Morgan fingerprint density at radius 1 is 1.17 bits per heavy atom. The summed E-state index contributed by atoms with van der Waals surface area (Å²) in [6, 6.07) is 14.3. The van der Waals surface area contributed by atoms with E-state index in [9.17, 15) is 4.79 Å². The van der Waals surface area contributed by atoms with E-state index in [0.29, 0.717) is 5.13 Å². The number of thiazole rings is 1. The Morgan fingerprint density at radius 2 is 2.00 bits per heavy atom. The molecule has 1 aliphatic rings. The average Bonchev–Trinajstić information content (AvgIpc) is 3.18. The van der Waals surface area contributed by atoms with Crippen LogP contribution in [0, 0.1) is 13.8 Å². The SMILES string of the molecule is CC(=O)N(c1nc(CSC2=Nc3ccccc3CS2)cs1)c1cccc(C)c1C. The molecule has 0 radical (unpaired) electrons. The Balaban J connectivity index is 1.51. The van der Waals surface area contributed by atoms with E-state index in [-0.39, 0.29) is 5.91 Å². The number of hydrogen-bond acceptors (Lipinski definition) is 6. The summed E-state index contributed by atoms with van der Waals surface area (Å²) in [7, 11) is 0. The van der Waals surface area contributed by atoms with Gasteiger partial charge in [0.15, 0.2) is 5.13 Å². The number of aromatic nitrogens is 1. The fourth-order valence-corrected chi connectivity index (χ4v) is 6.01. The van der Waals surface area contributed by atoms with Gasteiger partial charge in [0.1, 0.15) is 4.38 Å². The van der Waals surface area contributed by atoms with Gasteiger partial charge in [-0.3, -0.25) is 9.69 Å². The van der Waals surface area contributed by atoms with Crippen molar-refractivity contribution in [3.63, 3.8) is 0 Å². The van der Waals surface area contributed by atoms with Crippen molar-refractivity contribution in [1.82, 2.24) is 4.98 Å². The van der Waals surface area contributed by atoms with Crippen LogP contribution < -0.4 is 4.90 Å². The molecule has 1 aliphatic heterocycles. The van der Waals surface area contributed by atoms with Crippen LogP contribution in [0.25, 0.3) is 0 Å². The van der Waals surface area contributed by atoms with Crippen molar-refractivity contribution < 1.29 is 4.79 Å². The summed E-state index contributed by atoms with van der Waals surface area (Å²) in [5, 5.41) is 2.75. The van der Waals surface area contributed by atoms with Crippen LogP contribution in [0.3, 0.4) is 0 Å². The summed E-state index contributed by atoms with van der Waals surface area (Å²) in [4.78, 5) is 23.6. The molecule has 148 valence electrons. The minimum absolute atomic E-state index is 0.0314. The third-order valence-electron chi connectivity index (χ3n) is 4.76. The number of carbonyl (C=O) groups is 1. The summed E-state index contributed by atoms with van der Waals surface area (Å²) in [6.07, 6.45) is 0. The van der Waals surface area contributed by atoms with Crippen LogP contribution >= 0.6 is 34.9 Å². The van der Waals surface area contributed by atoms with Crippen LogP contribution in [-0.2, 0) is 16.3 Å². The molecule has 2 heterocycles. The number of hydrogen-bond donors (Lipinski definition) is 0. The number of benzene rings is 2. The van der Waals surface area contributed by atoms with Gasteiger partial charge >= 0.3 is 0 Å². The molecule has 1 aromatic heterocycles. The predicted octanol–water partition coefficient (Wildman–Crippen LogP) is 6.61. The van der Waals surface area contributed by atoms with E-state index in [1.165, 1.54) is 16.9 Å². The highest BCUT2D eigenvalue weighted by Gasteiger charge is 2.20. The first kappa shape index (κ1) is 20.2. The maximum atomic E-state index is 12.4. The van der Waals surface area contributed by atoms with E-state index in [1.54, 1.807) is 35.3 Å². The van der Waals surface area contributed by atoms with E-state index in [1.807, 2.05) is 30.5 Å². The normalized spacial score (nSPS) is 13.0. The highest BCUT2D eigenvalue weighted by atomic mass is 32.2. The second-order valence-electron chi connectivity index (χ2n) is 6.78. The molecule has 0 unspecified atom stereocenters. The maximum absolute atomic E-state index is 12.4. The van der Waals surface area contributed by atoms with Gasteiger partial charge in [-0.2, -0.15) is 0 Å². The number of aliphatic imine (C=N–C) groups is 1. The molecule has 0 saturated heterocycles. The molecule has 0 aliphatic carbocycles. The fourth-order valence-electron chi connectivity index (χ4n) is 3.07. The summed E-state index contributed by atoms with van der Waals surface area (Å²) in [5.41, 5.74) is 6.46. The van der Waals surface area contributed by atoms with Crippen LogP contribution in [0.2, 0.25) is 0 Å². The third-order valence-corrected chi connectivity index (χ3v) is 7.91. The first-order chi connectivity index (χ1) is 14.0. The minimum atomic E-state index is -0.0314. The van der Waals surface area contributed by atoms with Gasteiger partial charge in [0.2, 0.25) is 5.91 Å². The second kappa shape index (κ2) is 8.73. The van der Waals surface area contributed by atoms with Crippen molar-refractivity contribution >= 4 is 61.6 Å². The molecule has 7 heteroatoms.